The van der Waals surface area contributed by atoms with Gasteiger partial charge in [0.25, 0.3) is 5.91 Å². The largest absolute Gasteiger partial charge is 0.488 e. The van der Waals surface area contributed by atoms with Crippen LogP contribution in [0.3, 0.4) is 0 Å². The van der Waals surface area contributed by atoms with E-state index in [1.165, 1.54) is 40.9 Å². The molecule has 3 aromatic rings. The third-order valence-electron chi connectivity index (χ3n) is 5.12. The highest BCUT2D eigenvalue weighted by Crippen LogP contribution is 2.35. The van der Waals surface area contributed by atoms with Crippen LogP contribution >= 0.6 is 11.8 Å². The zero-order valence-corrected chi connectivity index (χ0v) is 19.4. The van der Waals surface area contributed by atoms with Crippen molar-refractivity contribution in [3.63, 3.8) is 0 Å². The van der Waals surface area contributed by atoms with Gasteiger partial charge in [-0.3, -0.25) is 9.69 Å². The zero-order chi connectivity index (χ0) is 24.9. The number of carboxylic acid groups (broad SMARTS) is 2. The Hall–Kier alpha value is -4.37. The highest BCUT2D eigenvalue weighted by Gasteiger charge is 2.30. The number of likely N-dealkylation sites (N-methyl/N-ethyl adjacent to an activating group) is 1. The number of rotatable bonds is 7. The van der Waals surface area contributed by atoms with Crippen LogP contribution < -0.4 is 4.74 Å². The van der Waals surface area contributed by atoms with Gasteiger partial charge in [0.1, 0.15) is 12.4 Å². The van der Waals surface area contributed by atoms with E-state index >= 15 is 0 Å². The summed E-state index contributed by atoms with van der Waals surface area (Å²) in [5.74, 6) is -1.71. The summed E-state index contributed by atoms with van der Waals surface area (Å²) in [5.41, 5.74) is 2.26. The van der Waals surface area contributed by atoms with Gasteiger partial charge in [0.05, 0.1) is 21.7 Å². The molecular formula is C26H20N2O6S. The van der Waals surface area contributed by atoms with Crippen LogP contribution in [0.15, 0.2) is 82.7 Å². The van der Waals surface area contributed by atoms with Crippen molar-refractivity contribution in [2.24, 2.45) is 4.99 Å². The van der Waals surface area contributed by atoms with Crippen LogP contribution in [0, 0.1) is 0 Å². The predicted molar refractivity (Wildman–Crippen MR) is 133 cm³/mol. The van der Waals surface area contributed by atoms with Crippen LogP contribution in [0.25, 0.3) is 6.08 Å². The van der Waals surface area contributed by atoms with E-state index in [-0.39, 0.29) is 23.6 Å². The van der Waals surface area contributed by atoms with E-state index in [4.69, 9.17) is 9.84 Å². The van der Waals surface area contributed by atoms with Gasteiger partial charge in [0, 0.05) is 12.6 Å². The van der Waals surface area contributed by atoms with Crippen molar-refractivity contribution in [3.05, 3.63) is 100.0 Å². The van der Waals surface area contributed by atoms with E-state index in [0.29, 0.717) is 27.1 Å². The number of thioether (sulfide) groups is 1. The molecule has 0 unspecified atom stereocenters. The number of ether oxygens (including phenoxy) is 1. The summed E-state index contributed by atoms with van der Waals surface area (Å²) in [6, 6.07) is 19.9. The predicted octanol–water partition coefficient (Wildman–Crippen LogP) is 4.90. The van der Waals surface area contributed by atoms with Crippen molar-refractivity contribution in [1.29, 1.82) is 0 Å². The van der Waals surface area contributed by atoms with Crippen molar-refractivity contribution < 1.29 is 29.3 Å². The number of hydrogen-bond donors (Lipinski definition) is 2. The second-order valence-corrected chi connectivity index (χ2v) is 8.56. The van der Waals surface area contributed by atoms with Gasteiger partial charge in [-0.05, 0) is 59.8 Å². The molecule has 0 bridgehead atoms. The Morgan fingerprint density at radius 1 is 0.971 bits per heavy atom. The number of carboxylic acids is 2. The smallest absolute Gasteiger partial charge is 0.335 e. The first-order valence-electron chi connectivity index (χ1n) is 10.5. The maximum absolute atomic E-state index is 12.8. The van der Waals surface area contributed by atoms with Gasteiger partial charge in [0.15, 0.2) is 5.17 Å². The Kier molecular flexibility index (Phi) is 6.98. The first kappa shape index (κ1) is 23.8. The first-order chi connectivity index (χ1) is 16.8. The summed E-state index contributed by atoms with van der Waals surface area (Å²) >= 11 is 1.19. The molecule has 9 heteroatoms. The van der Waals surface area contributed by atoms with Gasteiger partial charge in [0.2, 0.25) is 0 Å². The van der Waals surface area contributed by atoms with Crippen molar-refractivity contribution in [2.45, 2.75) is 6.61 Å². The molecular weight excluding hydrogens is 468 g/mol. The van der Waals surface area contributed by atoms with Crippen molar-refractivity contribution in [2.75, 3.05) is 7.05 Å². The lowest BCUT2D eigenvalue weighted by atomic mass is 10.1. The standard InChI is InChI=1S/C26H20N2O6S/c1-28-23(29)22(35-26(28)27-20-7-4-6-19(13-20)25(32)33)14-18-5-2-3-8-21(18)34-15-16-9-11-17(12-10-16)24(30)31/h2-14H,15H2,1H3,(H,30,31)(H,32,33)/b22-14-,27-26?. The van der Waals surface area contributed by atoms with E-state index in [1.807, 2.05) is 18.2 Å². The quantitative estimate of drug-likeness (QED) is 0.455. The minimum absolute atomic E-state index is 0.114. The number of amides is 1. The normalized spacial score (nSPS) is 15.6. The number of aliphatic imine (C=N–C) groups is 1. The molecule has 1 amide bonds. The number of carbonyl (C=O) groups is 3. The van der Waals surface area contributed by atoms with Gasteiger partial charge in [-0.2, -0.15) is 0 Å². The lowest BCUT2D eigenvalue weighted by Gasteiger charge is -2.10. The zero-order valence-electron chi connectivity index (χ0n) is 18.5. The molecule has 2 N–H and O–H groups in total. The molecule has 35 heavy (non-hydrogen) atoms. The van der Waals surface area contributed by atoms with Crippen LogP contribution in [0.2, 0.25) is 0 Å². The molecule has 1 aliphatic heterocycles. The molecule has 1 heterocycles. The molecule has 0 aliphatic carbocycles. The van der Waals surface area contributed by atoms with Gasteiger partial charge < -0.3 is 14.9 Å². The van der Waals surface area contributed by atoms with Crippen molar-refractivity contribution in [3.8, 4) is 5.75 Å². The number of nitrogens with zero attached hydrogens (tertiary/aromatic N) is 2. The Morgan fingerprint density at radius 3 is 2.40 bits per heavy atom. The SMILES string of the molecule is CN1C(=O)/C(=C/c2ccccc2OCc2ccc(C(=O)O)cc2)SC1=Nc1cccc(C(=O)O)c1. The second-order valence-electron chi connectivity index (χ2n) is 7.55. The maximum atomic E-state index is 12.8. The molecule has 1 aliphatic rings. The summed E-state index contributed by atoms with van der Waals surface area (Å²) in [6.07, 6.45) is 1.72. The minimum atomic E-state index is -1.05. The van der Waals surface area contributed by atoms with Crippen LogP contribution in [0.4, 0.5) is 5.69 Å². The molecule has 8 nitrogen and oxygen atoms in total. The van der Waals surface area contributed by atoms with Crippen molar-refractivity contribution in [1.82, 2.24) is 4.90 Å². The third kappa shape index (κ3) is 5.59. The monoisotopic (exact) mass is 488 g/mol. The highest BCUT2D eigenvalue weighted by molar-refractivity contribution is 8.18. The van der Waals surface area contributed by atoms with Crippen LogP contribution in [-0.4, -0.2) is 45.2 Å². The number of benzene rings is 3. The molecule has 3 aromatic carbocycles. The molecule has 0 radical (unpaired) electrons. The fourth-order valence-electron chi connectivity index (χ4n) is 3.25. The summed E-state index contributed by atoms with van der Waals surface area (Å²) < 4.78 is 5.94. The maximum Gasteiger partial charge on any atom is 0.335 e. The second kappa shape index (κ2) is 10.3. The van der Waals surface area contributed by atoms with E-state index in [2.05, 4.69) is 4.99 Å². The Morgan fingerprint density at radius 2 is 1.69 bits per heavy atom. The summed E-state index contributed by atoms with van der Waals surface area (Å²) in [4.78, 5) is 41.4. The average Bonchev–Trinajstić information content (AvgIpc) is 3.11. The van der Waals surface area contributed by atoms with Gasteiger partial charge in [-0.25, -0.2) is 14.6 Å². The number of aromatic carboxylic acids is 2. The molecule has 1 fully saturated rings. The van der Waals surface area contributed by atoms with E-state index in [9.17, 15) is 19.5 Å². The topological polar surface area (TPSA) is 117 Å². The van der Waals surface area contributed by atoms with Crippen LogP contribution in [0.5, 0.6) is 5.75 Å². The summed E-state index contributed by atoms with van der Waals surface area (Å²) in [7, 11) is 1.61. The van der Waals surface area contributed by atoms with Crippen LogP contribution in [-0.2, 0) is 11.4 Å². The summed E-state index contributed by atoms with van der Waals surface area (Å²) in [5, 5.41) is 18.6. The Balaban J connectivity index is 1.53. The molecule has 0 aromatic heterocycles. The van der Waals surface area contributed by atoms with E-state index < -0.39 is 11.9 Å². The molecule has 0 saturated carbocycles. The first-order valence-corrected chi connectivity index (χ1v) is 11.3. The lowest BCUT2D eigenvalue weighted by molar-refractivity contribution is -0.121. The fraction of sp³-hybridized carbons (Fsp3) is 0.0769. The number of carbonyl (C=O) groups excluding carboxylic acids is 1. The van der Waals surface area contributed by atoms with Crippen LogP contribution in [0.1, 0.15) is 31.8 Å². The molecule has 0 atom stereocenters. The molecule has 0 spiro atoms. The van der Waals surface area contributed by atoms with E-state index in [0.717, 1.165) is 5.56 Å². The van der Waals surface area contributed by atoms with Crippen molar-refractivity contribution >= 4 is 46.5 Å². The number of hydrogen-bond acceptors (Lipinski definition) is 6. The van der Waals surface area contributed by atoms with Gasteiger partial charge in [-0.15, -0.1) is 0 Å². The summed E-state index contributed by atoms with van der Waals surface area (Å²) in [6.45, 7) is 0.230. The van der Waals surface area contributed by atoms with Gasteiger partial charge >= 0.3 is 11.9 Å². The van der Waals surface area contributed by atoms with Gasteiger partial charge in [-0.1, -0.05) is 36.4 Å². The lowest BCUT2D eigenvalue weighted by Crippen LogP contribution is -2.23. The Labute approximate surface area is 205 Å². The van der Waals surface area contributed by atoms with E-state index in [1.54, 1.807) is 43.5 Å². The third-order valence-corrected chi connectivity index (χ3v) is 6.18. The fourth-order valence-corrected chi connectivity index (χ4v) is 4.23. The average molecular weight is 489 g/mol. The molecule has 4 rings (SSSR count). The molecule has 1 saturated heterocycles. The highest BCUT2D eigenvalue weighted by atomic mass is 32.2. The minimum Gasteiger partial charge on any atom is -0.488 e. The molecule has 176 valence electrons. The Bertz CT molecular complexity index is 1360. The number of para-hydroxylation sites is 1. The number of amidine groups is 1.